The molecule has 0 saturated carbocycles. The fourth-order valence-electron chi connectivity index (χ4n) is 2.15. The van der Waals surface area contributed by atoms with E-state index in [4.69, 9.17) is 16.7 Å². The quantitative estimate of drug-likeness (QED) is 0.620. The molecule has 0 aromatic carbocycles. The van der Waals surface area contributed by atoms with Gasteiger partial charge in [0.2, 0.25) is 15.9 Å². The van der Waals surface area contributed by atoms with Gasteiger partial charge in [0.15, 0.2) is 5.82 Å². The molecule has 1 aromatic heterocycles. The van der Waals surface area contributed by atoms with E-state index < -0.39 is 20.9 Å². The molecule has 9 nitrogen and oxygen atoms in total. The van der Waals surface area contributed by atoms with Crippen LogP contribution in [0.1, 0.15) is 6.42 Å². The third-order valence-electron chi connectivity index (χ3n) is 2.95. The van der Waals surface area contributed by atoms with Gasteiger partial charge >= 0.3 is 0 Å². The van der Waals surface area contributed by atoms with Crippen LogP contribution in [0.2, 0.25) is 5.02 Å². The van der Waals surface area contributed by atoms with Gasteiger partial charge in [0, 0.05) is 24.9 Å². The van der Waals surface area contributed by atoms with Gasteiger partial charge in [0.25, 0.3) is 5.69 Å². The average molecular weight is 335 g/mol. The lowest BCUT2D eigenvalue weighted by atomic mass is 10.1. The van der Waals surface area contributed by atoms with E-state index in [1.807, 2.05) is 0 Å². The number of hydrogen-bond donors (Lipinski definition) is 1. The fraction of sp³-hybridized carbons (Fsp3) is 0.400. The number of amides is 1. The van der Waals surface area contributed by atoms with Crippen molar-refractivity contribution >= 4 is 39.0 Å². The number of primary sulfonamides is 1. The lowest BCUT2D eigenvalue weighted by molar-refractivity contribution is -0.385. The second-order valence-corrected chi connectivity index (χ2v) is 6.73. The number of nitro groups is 1. The van der Waals surface area contributed by atoms with Crippen LogP contribution in [0, 0.1) is 16.0 Å². The number of aromatic nitrogens is 1. The van der Waals surface area contributed by atoms with Crippen molar-refractivity contribution in [3.05, 3.63) is 27.4 Å². The van der Waals surface area contributed by atoms with Crippen LogP contribution in [0.25, 0.3) is 0 Å². The van der Waals surface area contributed by atoms with Gasteiger partial charge in [-0.15, -0.1) is 0 Å². The molecule has 1 aliphatic rings. The smallest absolute Gasteiger partial charge is 0.289 e. The molecule has 0 spiro atoms. The van der Waals surface area contributed by atoms with E-state index >= 15 is 0 Å². The SMILES string of the molecule is NS(=O)(=O)CC1CC(=O)N(c2ncc([N+](=O)[O-])cc2Cl)C1. The van der Waals surface area contributed by atoms with Crippen molar-refractivity contribution in [2.24, 2.45) is 11.1 Å². The number of nitrogens with two attached hydrogens (primary N) is 1. The summed E-state index contributed by atoms with van der Waals surface area (Å²) in [6.07, 6.45) is 0.993. The lowest BCUT2D eigenvalue weighted by Gasteiger charge is -2.16. The molecule has 1 aliphatic heterocycles. The summed E-state index contributed by atoms with van der Waals surface area (Å²) in [5.74, 6) is -1.06. The van der Waals surface area contributed by atoms with Gasteiger partial charge in [-0.2, -0.15) is 0 Å². The molecule has 2 heterocycles. The van der Waals surface area contributed by atoms with Crippen molar-refractivity contribution in [2.45, 2.75) is 6.42 Å². The topological polar surface area (TPSA) is 136 Å². The van der Waals surface area contributed by atoms with E-state index in [1.54, 1.807) is 0 Å². The van der Waals surface area contributed by atoms with Crippen molar-refractivity contribution in [2.75, 3.05) is 17.2 Å². The summed E-state index contributed by atoms with van der Waals surface area (Å²) in [5, 5.41) is 15.5. The molecular weight excluding hydrogens is 324 g/mol. The molecule has 2 rings (SSSR count). The Labute approximate surface area is 124 Å². The number of nitrogens with zero attached hydrogens (tertiary/aromatic N) is 3. The van der Waals surface area contributed by atoms with Crippen molar-refractivity contribution in [1.29, 1.82) is 0 Å². The summed E-state index contributed by atoms with van der Waals surface area (Å²) < 4.78 is 22.1. The van der Waals surface area contributed by atoms with Crippen molar-refractivity contribution in [3.8, 4) is 0 Å². The Morgan fingerprint density at radius 1 is 1.57 bits per heavy atom. The molecule has 21 heavy (non-hydrogen) atoms. The van der Waals surface area contributed by atoms with Crippen LogP contribution in [0.3, 0.4) is 0 Å². The normalized spacial score (nSPS) is 19.0. The highest BCUT2D eigenvalue weighted by Crippen LogP contribution is 2.31. The Hall–Kier alpha value is -1.78. The lowest BCUT2D eigenvalue weighted by Crippen LogP contribution is -2.28. The monoisotopic (exact) mass is 334 g/mol. The van der Waals surface area contributed by atoms with Gasteiger partial charge in [0.1, 0.15) is 6.20 Å². The molecular formula is C10H11ClN4O5S. The van der Waals surface area contributed by atoms with Gasteiger partial charge in [-0.1, -0.05) is 11.6 Å². The largest absolute Gasteiger partial charge is 0.295 e. The van der Waals surface area contributed by atoms with Gasteiger partial charge < -0.3 is 0 Å². The molecule has 114 valence electrons. The highest BCUT2D eigenvalue weighted by molar-refractivity contribution is 7.89. The summed E-state index contributed by atoms with van der Waals surface area (Å²) in [7, 11) is -3.69. The first-order chi connectivity index (χ1) is 9.67. The van der Waals surface area contributed by atoms with Crippen LogP contribution in [0.4, 0.5) is 11.5 Å². The molecule has 0 bridgehead atoms. The molecule has 1 aromatic rings. The Kier molecular flexibility index (Phi) is 4.12. The highest BCUT2D eigenvalue weighted by Gasteiger charge is 2.34. The van der Waals surface area contributed by atoms with Crippen LogP contribution in [0.5, 0.6) is 0 Å². The fourth-order valence-corrected chi connectivity index (χ4v) is 3.29. The zero-order valence-electron chi connectivity index (χ0n) is 10.6. The van der Waals surface area contributed by atoms with E-state index in [0.717, 1.165) is 12.3 Å². The molecule has 1 saturated heterocycles. The number of carbonyl (C=O) groups is 1. The minimum atomic E-state index is -3.69. The summed E-state index contributed by atoms with van der Waals surface area (Å²) in [5.41, 5.74) is -0.295. The minimum absolute atomic E-state index is 0.00538. The van der Waals surface area contributed by atoms with Crippen molar-refractivity contribution in [3.63, 3.8) is 0 Å². The molecule has 1 fully saturated rings. The Morgan fingerprint density at radius 3 is 2.76 bits per heavy atom. The van der Waals surface area contributed by atoms with Gasteiger partial charge in [-0.25, -0.2) is 18.5 Å². The third-order valence-corrected chi connectivity index (χ3v) is 4.16. The van der Waals surface area contributed by atoms with Crippen LogP contribution in [0.15, 0.2) is 12.3 Å². The van der Waals surface area contributed by atoms with Crippen LogP contribution < -0.4 is 10.0 Å². The molecule has 11 heteroatoms. The Bertz CT molecular complexity index is 707. The van der Waals surface area contributed by atoms with Gasteiger partial charge in [-0.05, 0) is 0 Å². The maximum absolute atomic E-state index is 11.9. The number of anilines is 1. The van der Waals surface area contributed by atoms with Crippen LogP contribution in [-0.4, -0.2) is 36.5 Å². The van der Waals surface area contributed by atoms with Crippen molar-refractivity contribution < 1.29 is 18.1 Å². The maximum atomic E-state index is 11.9. The molecule has 2 N–H and O–H groups in total. The summed E-state index contributed by atoms with van der Waals surface area (Å²) in [6, 6.07) is 1.09. The van der Waals surface area contributed by atoms with E-state index in [0.29, 0.717) is 0 Å². The predicted molar refractivity (Wildman–Crippen MR) is 74.3 cm³/mol. The first kappa shape index (κ1) is 15.6. The van der Waals surface area contributed by atoms with Gasteiger partial charge in [0.05, 0.1) is 15.7 Å². The van der Waals surface area contributed by atoms with Crippen molar-refractivity contribution in [1.82, 2.24) is 4.98 Å². The molecule has 1 unspecified atom stereocenters. The van der Waals surface area contributed by atoms with E-state index in [9.17, 15) is 23.3 Å². The first-order valence-corrected chi connectivity index (χ1v) is 7.87. The number of rotatable bonds is 4. The summed E-state index contributed by atoms with van der Waals surface area (Å²) in [6.45, 7) is 0.0970. The molecule has 1 atom stereocenters. The zero-order valence-corrected chi connectivity index (χ0v) is 12.2. The third kappa shape index (κ3) is 3.65. The highest BCUT2D eigenvalue weighted by atomic mass is 35.5. The Morgan fingerprint density at radius 2 is 2.24 bits per heavy atom. The number of sulfonamides is 1. The molecule has 0 radical (unpaired) electrons. The molecule has 0 aliphatic carbocycles. The van der Waals surface area contributed by atoms with Gasteiger partial charge in [-0.3, -0.25) is 19.8 Å². The average Bonchev–Trinajstić information content (AvgIpc) is 2.67. The predicted octanol–water partition coefficient (Wildman–Crippen LogP) is 0.285. The maximum Gasteiger partial charge on any atom is 0.289 e. The number of pyridine rings is 1. The minimum Gasteiger partial charge on any atom is -0.295 e. The first-order valence-electron chi connectivity index (χ1n) is 5.78. The number of carbonyl (C=O) groups excluding carboxylic acids is 1. The van der Waals surface area contributed by atoms with E-state index in [-0.39, 0.29) is 41.2 Å². The number of hydrogen-bond acceptors (Lipinski definition) is 6. The van der Waals surface area contributed by atoms with E-state index in [1.165, 1.54) is 4.90 Å². The standard InChI is InChI=1S/C10H11ClN4O5S/c11-8-2-7(15(17)18)3-13-10(8)14-4-6(1-9(14)16)5-21(12,19)20/h2-3,6H,1,4-5H2,(H2,12,19,20). The number of halogens is 1. The Balaban J connectivity index is 2.23. The summed E-state index contributed by atoms with van der Waals surface area (Å²) >= 11 is 5.90. The second kappa shape index (κ2) is 5.54. The summed E-state index contributed by atoms with van der Waals surface area (Å²) in [4.78, 5) is 26.9. The second-order valence-electron chi connectivity index (χ2n) is 4.66. The van der Waals surface area contributed by atoms with Crippen LogP contribution in [-0.2, 0) is 14.8 Å². The molecule has 1 amide bonds. The van der Waals surface area contributed by atoms with Crippen LogP contribution >= 0.6 is 11.6 Å². The van der Waals surface area contributed by atoms with E-state index in [2.05, 4.69) is 4.98 Å². The zero-order chi connectivity index (χ0) is 15.8.